The van der Waals surface area contributed by atoms with E-state index < -0.39 is 5.91 Å². The molecule has 126 valence electrons. The van der Waals surface area contributed by atoms with Gasteiger partial charge in [0.25, 0.3) is 5.91 Å². The van der Waals surface area contributed by atoms with Gasteiger partial charge in [0, 0.05) is 11.5 Å². The Bertz CT molecular complexity index is 718. The molecule has 2 amide bonds. The zero-order valence-electron chi connectivity index (χ0n) is 13.5. The van der Waals surface area contributed by atoms with Gasteiger partial charge in [0.15, 0.2) is 0 Å². The number of aromatic amines is 1. The Balaban J connectivity index is 1.59. The van der Waals surface area contributed by atoms with Crippen molar-refractivity contribution in [2.75, 3.05) is 7.11 Å². The molecule has 1 aromatic heterocycles. The molecular weight excluding hydrogens is 308 g/mol. The molecule has 1 aliphatic carbocycles. The van der Waals surface area contributed by atoms with Gasteiger partial charge in [-0.1, -0.05) is 12.8 Å². The molecule has 1 aromatic carbocycles. The normalized spacial score (nSPS) is 14.4. The summed E-state index contributed by atoms with van der Waals surface area (Å²) in [4.78, 5) is 24.0. The molecule has 2 aromatic rings. The number of amides is 2. The first-order valence-electron chi connectivity index (χ1n) is 7.97. The van der Waals surface area contributed by atoms with Gasteiger partial charge in [-0.15, -0.1) is 0 Å². The van der Waals surface area contributed by atoms with E-state index in [0.29, 0.717) is 5.69 Å². The number of aromatic nitrogens is 2. The molecule has 0 aliphatic heterocycles. The highest BCUT2D eigenvalue weighted by molar-refractivity contribution is 5.94. The highest BCUT2D eigenvalue weighted by atomic mass is 16.5. The average Bonchev–Trinajstić information content (AvgIpc) is 3.31. The fraction of sp³-hybridized carbons (Fsp3) is 0.353. The molecule has 1 saturated carbocycles. The SMILES string of the molecule is COc1ccc(-c2cc(C(=O)NNC(=O)C3CCCC3)[nH]n2)cc1. The van der Waals surface area contributed by atoms with Crippen LogP contribution < -0.4 is 15.6 Å². The van der Waals surface area contributed by atoms with Crippen LogP contribution in [0.15, 0.2) is 30.3 Å². The van der Waals surface area contributed by atoms with E-state index >= 15 is 0 Å². The van der Waals surface area contributed by atoms with Crippen molar-refractivity contribution in [3.8, 4) is 17.0 Å². The van der Waals surface area contributed by atoms with Crippen LogP contribution in [0.25, 0.3) is 11.3 Å². The van der Waals surface area contributed by atoms with E-state index in [1.165, 1.54) is 0 Å². The van der Waals surface area contributed by atoms with Gasteiger partial charge in [0.2, 0.25) is 5.91 Å². The Kier molecular flexibility index (Phi) is 4.79. The molecule has 7 heteroatoms. The number of hydrogen-bond acceptors (Lipinski definition) is 4. The molecule has 0 saturated heterocycles. The van der Waals surface area contributed by atoms with Gasteiger partial charge in [-0.2, -0.15) is 5.10 Å². The summed E-state index contributed by atoms with van der Waals surface area (Å²) in [6.07, 6.45) is 3.90. The van der Waals surface area contributed by atoms with Crippen LogP contribution in [-0.2, 0) is 4.79 Å². The molecule has 1 fully saturated rings. The zero-order chi connectivity index (χ0) is 16.9. The van der Waals surface area contributed by atoms with Crippen LogP contribution in [-0.4, -0.2) is 29.1 Å². The number of methoxy groups -OCH3 is 1. The molecular formula is C17H20N4O3. The summed E-state index contributed by atoms with van der Waals surface area (Å²) in [5.74, 6) is 0.202. The number of rotatable bonds is 4. The Morgan fingerprint density at radius 2 is 1.88 bits per heavy atom. The van der Waals surface area contributed by atoms with E-state index in [-0.39, 0.29) is 17.5 Å². The third-order valence-electron chi connectivity index (χ3n) is 4.23. The minimum atomic E-state index is -0.423. The quantitative estimate of drug-likeness (QED) is 0.748. The smallest absolute Gasteiger partial charge is 0.287 e. The summed E-state index contributed by atoms with van der Waals surface area (Å²) in [5.41, 5.74) is 6.70. The van der Waals surface area contributed by atoms with Crippen LogP contribution in [0.2, 0.25) is 0 Å². The monoisotopic (exact) mass is 328 g/mol. The molecule has 7 nitrogen and oxygen atoms in total. The van der Waals surface area contributed by atoms with E-state index in [0.717, 1.165) is 37.0 Å². The minimum Gasteiger partial charge on any atom is -0.497 e. The summed E-state index contributed by atoms with van der Waals surface area (Å²) < 4.78 is 5.11. The van der Waals surface area contributed by atoms with Crippen LogP contribution >= 0.6 is 0 Å². The zero-order valence-corrected chi connectivity index (χ0v) is 13.5. The van der Waals surface area contributed by atoms with Crippen molar-refractivity contribution in [1.29, 1.82) is 0 Å². The second kappa shape index (κ2) is 7.16. The Hall–Kier alpha value is -2.83. The van der Waals surface area contributed by atoms with Gasteiger partial charge in [0.05, 0.1) is 12.8 Å². The second-order valence-corrected chi connectivity index (χ2v) is 5.82. The topological polar surface area (TPSA) is 96.1 Å². The molecule has 1 aliphatic rings. The van der Waals surface area contributed by atoms with Gasteiger partial charge < -0.3 is 4.74 Å². The van der Waals surface area contributed by atoms with E-state index in [1.807, 2.05) is 24.3 Å². The number of benzene rings is 1. The van der Waals surface area contributed by atoms with Crippen LogP contribution in [0.1, 0.15) is 36.2 Å². The molecule has 3 N–H and O–H groups in total. The number of nitrogens with one attached hydrogen (secondary N) is 3. The van der Waals surface area contributed by atoms with Crippen molar-refractivity contribution in [1.82, 2.24) is 21.0 Å². The van der Waals surface area contributed by atoms with Crippen LogP contribution in [0.4, 0.5) is 0 Å². The molecule has 0 unspecified atom stereocenters. The van der Waals surface area contributed by atoms with Crippen LogP contribution in [0, 0.1) is 5.92 Å². The Morgan fingerprint density at radius 1 is 1.17 bits per heavy atom. The average molecular weight is 328 g/mol. The fourth-order valence-corrected chi connectivity index (χ4v) is 2.82. The summed E-state index contributed by atoms with van der Waals surface area (Å²) in [7, 11) is 1.60. The van der Waals surface area contributed by atoms with Crippen molar-refractivity contribution in [2.45, 2.75) is 25.7 Å². The number of carbonyl (C=O) groups excluding carboxylic acids is 2. The predicted molar refractivity (Wildman–Crippen MR) is 88.1 cm³/mol. The first-order valence-corrected chi connectivity index (χ1v) is 7.97. The maximum Gasteiger partial charge on any atom is 0.287 e. The number of nitrogens with zero attached hydrogens (tertiary/aromatic N) is 1. The first-order chi connectivity index (χ1) is 11.7. The van der Waals surface area contributed by atoms with E-state index in [4.69, 9.17) is 4.74 Å². The number of H-pyrrole nitrogens is 1. The van der Waals surface area contributed by atoms with Crippen LogP contribution in [0.3, 0.4) is 0 Å². The van der Waals surface area contributed by atoms with Gasteiger partial charge >= 0.3 is 0 Å². The molecule has 24 heavy (non-hydrogen) atoms. The molecule has 1 heterocycles. The maximum absolute atomic E-state index is 12.1. The van der Waals surface area contributed by atoms with Crippen molar-refractivity contribution in [3.63, 3.8) is 0 Å². The predicted octanol–water partition coefficient (Wildman–Crippen LogP) is 2.04. The van der Waals surface area contributed by atoms with E-state index in [2.05, 4.69) is 21.0 Å². The fourth-order valence-electron chi connectivity index (χ4n) is 2.82. The maximum atomic E-state index is 12.1. The van der Waals surface area contributed by atoms with Crippen LogP contribution in [0.5, 0.6) is 5.75 Å². The van der Waals surface area contributed by atoms with Gasteiger partial charge in [-0.3, -0.25) is 25.5 Å². The third-order valence-corrected chi connectivity index (χ3v) is 4.23. The van der Waals surface area contributed by atoms with Gasteiger partial charge in [-0.05, 0) is 43.2 Å². The highest BCUT2D eigenvalue weighted by Gasteiger charge is 2.23. The number of carbonyl (C=O) groups is 2. The lowest BCUT2D eigenvalue weighted by atomic mass is 10.1. The largest absolute Gasteiger partial charge is 0.497 e. The van der Waals surface area contributed by atoms with E-state index in [1.54, 1.807) is 13.2 Å². The summed E-state index contributed by atoms with van der Waals surface area (Å²) in [5, 5.41) is 6.81. The first kappa shape index (κ1) is 16.0. The molecule has 3 rings (SSSR count). The summed E-state index contributed by atoms with van der Waals surface area (Å²) in [6, 6.07) is 9.01. The summed E-state index contributed by atoms with van der Waals surface area (Å²) >= 11 is 0. The standard InChI is InChI=1S/C17H20N4O3/c1-24-13-8-6-11(7-9-13)14-10-15(19-18-14)17(23)21-20-16(22)12-4-2-3-5-12/h6-10,12H,2-5H2,1H3,(H,18,19)(H,20,22)(H,21,23). The number of ether oxygens (including phenoxy) is 1. The lowest BCUT2D eigenvalue weighted by molar-refractivity contribution is -0.125. The van der Waals surface area contributed by atoms with Crippen molar-refractivity contribution in [3.05, 3.63) is 36.0 Å². The molecule has 0 spiro atoms. The van der Waals surface area contributed by atoms with Crippen molar-refractivity contribution in [2.24, 2.45) is 5.92 Å². The third kappa shape index (κ3) is 3.56. The molecule has 0 radical (unpaired) electrons. The van der Waals surface area contributed by atoms with E-state index in [9.17, 15) is 9.59 Å². The molecule has 0 atom stereocenters. The lowest BCUT2D eigenvalue weighted by Gasteiger charge is -2.10. The Morgan fingerprint density at radius 3 is 2.54 bits per heavy atom. The second-order valence-electron chi connectivity index (χ2n) is 5.82. The summed E-state index contributed by atoms with van der Waals surface area (Å²) in [6.45, 7) is 0. The van der Waals surface area contributed by atoms with Gasteiger partial charge in [-0.25, -0.2) is 0 Å². The number of hydrazine groups is 1. The van der Waals surface area contributed by atoms with Crippen molar-refractivity contribution >= 4 is 11.8 Å². The molecule has 0 bridgehead atoms. The minimum absolute atomic E-state index is 0.00178. The van der Waals surface area contributed by atoms with Gasteiger partial charge in [0.1, 0.15) is 11.4 Å². The number of hydrogen-bond donors (Lipinski definition) is 3. The highest BCUT2D eigenvalue weighted by Crippen LogP contribution is 2.24. The van der Waals surface area contributed by atoms with Crippen molar-refractivity contribution < 1.29 is 14.3 Å². The lowest BCUT2D eigenvalue weighted by Crippen LogP contribution is -2.44. The Labute approximate surface area is 139 Å².